The van der Waals surface area contributed by atoms with E-state index < -0.39 is 16.0 Å². The summed E-state index contributed by atoms with van der Waals surface area (Å²) in [6.07, 6.45) is 0. The van der Waals surface area contributed by atoms with Crippen LogP contribution in [0.2, 0.25) is 0 Å². The molecule has 0 fully saturated rings. The average molecular weight is 177 g/mol. The van der Waals surface area contributed by atoms with Gasteiger partial charge in [0.2, 0.25) is 0 Å². The second-order valence-corrected chi connectivity index (χ2v) is 2.25. The quantitative estimate of drug-likeness (QED) is 0.388. The molecule has 7 heavy (non-hydrogen) atoms. The minimum atomic E-state index is -3.88. The first-order valence-electron chi connectivity index (χ1n) is 1.21. The molecule has 0 saturated carbocycles. The van der Waals surface area contributed by atoms with Gasteiger partial charge in [0.1, 0.15) is 5.88 Å². The molecule has 0 saturated heterocycles. The number of hydrogen-bond acceptors (Lipinski definition) is 3. The van der Waals surface area contributed by atoms with Gasteiger partial charge in [-0.25, -0.2) is 0 Å². The van der Waals surface area contributed by atoms with Gasteiger partial charge in [0.25, 0.3) is 10.1 Å². The summed E-state index contributed by atoms with van der Waals surface area (Å²) in [5.74, 6) is -0.701. The predicted octanol–water partition coefficient (Wildman–Crippen LogP) is -1.21. The van der Waals surface area contributed by atoms with Crippen molar-refractivity contribution < 1.29 is 32.4 Å². The van der Waals surface area contributed by atoms with E-state index in [1.165, 1.54) is 0 Å². The summed E-state index contributed by atoms with van der Waals surface area (Å²) in [6, 6.07) is 0. The Morgan fingerprint density at radius 2 is 1.71 bits per heavy atom. The van der Waals surface area contributed by atoms with Gasteiger partial charge >= 0.3 is 0 Å². The third kappa shape index (κ3) is 10.7. The number of rotatable bonds is 1. The summed E-state index contributed by atoms with van der Waals surface area (Å²) in [7, 11) is -3.88. The first-order chi connectivity index (χ1) is 2.56. The normalized spacial score (nSPS) is 10.0. The van der Waals surface area contributed by atoms with Crippen molar-refractivity contribution in [3.8, 4) is 0 Å². The predicted molar refractivity (Wildman–Crippen MR) is 20.6 cm³/mol. The Bertz CT molecular complexity index is 117. The SMILES string of the molecule is NCS(=O)(=O)O.[Zn]. The van der Waals surface area contributed by atoms with Crippen LogP contribution in [0.25, 0.3) is 0 Å². The Kier molecular flexibility index (Phi) is 5.22. The minimum absolute atomic E-state index is 0. The Morgan fingerprint density at radius 1 is 1.57 bits per heavy atom. The summed E-state index contributed by atoms with van der Waals surface area (Å²) < 4.78 is 26.5. The molecule has 0 aromatic carbocycles. The van der Waals surface area contributed by atoms with Crippen molar-refractivity contribution in [2.45, 2.75) is 0 Å². The van der Waals surface area contributed by atoms with Crippen molar-refractivity contribution >= 4 is 10.1 Å². The first kappa shape index (κ1) is 10.5. The fraction of sp³-hybridized carbons (Fsp3) is 1.00. The molecular weight excluding hydrogens is 171 g/mol. The molecule has 0 aromatic rings. The van der Waals surface area contributed by atoms with E-state index >= 15 is 0 Å². The summed E-state index contributed by atoms with van der Waals surface area (Å²) in [5.41, 5.74) is 4.47. The molecule has 0 bridgehead atoms. The molecule has 0 atom stereocenters. The van der Waals surface area contributed by atoms with Gasteiger partial charge < -0.3 is 5.73 Å². The third-order valence-electron chi connectivity index (χ3n) is 0.211. The molecule has 0 aliphatic carbocycles. The fourth-order valence-electron chi connectivity index (χ4n) is 0. The van der Waals surface area contributed by atoms with E-state index in [1.54, 1.807) is 0 Å². The van der Waals surface area contributed by atoms with Gasteiger partial charge in [-0.3, -0.25) is 4.55 Å². The van der Waals surface area contributed by atoms with Crippen LogP contribution in [-0.2, 0) is 29.6 Å². The van der Waals surface area contributed by atoms with E-state index in [0.717, 1.165) is 0 Å². The zero-order valence-electron chi connectivity index (χ0n) is 3.66. The Hall–Kier alpha value is 0.493. The largest absolute Gasteiger partial charge is 0.316 e. The van der Waals surface area contributed by atoms with E-state index in [1.807, 2.05) is 0 Å². The van der Waals surface area contributed by atoms with Gasteiger partial charge in [0.15, 0.2) is 0 Å². The topological polar surface area (TPSA) is 80.4 Å². The molecule has 4 nitrogen and oxygen atoms in total. The van der Waals surface area contributed by atoms with Gasteiger partial charge in [-0.2, -0.15) is 8.42 Å². The standard InChI is InChI=1S/CH5NO3S.Zn/c2-1-6(3,4)5;/h1-2H2,(H,3,4,5);. The van der Waals surface area contributed by atoms with E-state index in [4.69, 9.17) is 4.55 Å². The van der Waals surface area contributed by atoms with Crippen LogP contribution in [-0.4, -0.2) is 18.8 Å². The van der Waals surface area contributed by atoms with E-state index in [-0.39, 0.29) is 19.5 Å². The molecule has 6 heteroatoms. The third-order valence-corrected chi connectivity index (χ3v) is 0.632. The van der Waals surface area contributed by atoms with Crippen LogP contribution in [0.3, 0.4) is 0 Å². The molecule has 0 aliphatic heterocycles. The van der Waals surface area contributed by atoms with Crippen molar-refractivity contribution in [2.24, 2.45) is 5.73 Å². The maximum atomic E-state index is 9.43. The van der Waals surface area contributed by atoms with Gasteiger partial charge in [0.05, 0.1) is 0 Å². The van der Waals surface area contributed by atoms with Gasteiger partial charge in [0, 0.05) is 19.5 Å². The Morgan fingerprint density at radius 3 is 1.71 bits per heavy atom. The monoisotopic (exact) mass is 175 g/mol. The van der Waals surface area contributed by atoms with Crippen molar-refractivity contribution in [2.75, 3.05) is 5.88 Å². The van der Waals surface area contributed by atoms with E-state index in [0.29, 0.717) is 0 Å². The molecule has 0 aromatic heterocycles. The van der Waals surface area contributed by atoms with Gasteiger partial charge in [-0.15, -0.1) is 0 Å². The van der Waals surface area contributed by atoms with Gasteiger partial charge in [-0.1, -0.05) is 0 Å². The average Bonchev–Trinajstić information content (AvgIpc) is 1.35. The molecule has 3 N–H and O–H groups in total. The molecule has 0 aliphatic rings. The van der Waals surface area contributed by atoms with Crippen LogP contribution in [0, 0.1) is 0 Å². The van der Waals surface area contributed by atoms with E-state index in [2.05, 4.69) is 5.73 Å². The number of nitrogens with two attached hydrogens (primary N) is 1. The summed E-state index contributed by atoms with van der Waals surface area (Å²) in [6.45, 7) is 0. The van der Waals surface area contributed by atoms with Crippen molar-refractivity contribution in [1.29, 1.82) is 0 Å². The van der Waals surface area contributed by atoms with Crippen LogP contribution >= 0.6 is 0 Å². The maximum Gasteiger partial charge on any atom is 0.277 e. The van der Waals surface area contributed by atoms with Crippen LogP contribution in [0.15, 0.2) is 0 Å². The molecule has 0 amide bonds. The smallest absolute Gasteiger partial charge is 0.277 e. The molecular formula is CH5NO3SZn. The maximum absolute atomic E-state index is 9.43. The molecule has 0 spiro atoms. The summed E-state index contributed by atoms with van der Waals surface area (Å²) in [5, 5.41) is 0. The zero-order chi connectivity index (χ0) is 5.21. The van der Waals surface area contributed by atoms with Crippen LogP contribution in [0.5, 0.6) is 0 Å². The second kappa shape index (κ2) is 3.49. The molecule has 0 heterocycles. The molecule has 0 unspecified atom stereocenters. The number of hydrogen-bond donors (Lipinski definition) is 2. The molecule has 0 radical (unpaired) electrons. The first-order valence-corrected chi connectivity index (χ1v) is 2.82. The van der Waals surface area contributed by atoms with E-state index in [9.17, 15) is 8.42 Å². The molecule has 0 rings (SSSR count). The van der Waals surface area contributed by atoms with Crippen molar-refractivity contribution in [1.82, 2.24) is 0 Å². The van der Waals surface area contributed by atoms with Crippen LogP contribution in [0.1, 0.15) is 0 Å². The summed E-state index contributed by atoms with van der Waals surface area (Å²) in [4.78, 5) is 0. The Balaban J connectivity index is 0. The van der Waals surface area contributed by atoms with Crippen LogP contribution < -0.4 is 5.73 Å². The van der Waals surface area contributed by atoms with Crippen molar-refractivity contribution in [3.05, 3.63) is 0 Å². The zero-order valence-corrected chi connectivity index (χ0v) is 7.45. The van der Waals surface area contributed by atoms with Crippen LogP contribution in [0.4, 0.5) is 0 Å². The second-order valence-electron chi connectivity index (χ2n) is 0.749. The Labute approximate surface area is 54.6 Å². The minimum Gasteiger partial charge on any atom is -0.316 e. The fourth-order valence-corrected chi connectivity index (χ4v) is 0. The van der Waals surface area contributed by atoms with Crippen molar-refractivity contribution in [3.63, 3.8) is 0 Å². The summed E-state index contributed by atoms with van der Waals surface area (Å²) >= 11 is 0. The molecule has 40 valence electrons. The van der Waals surface area contributed by atoms with Gasteiger partial charge in [-0.05, 0) is 0 Å².